The zero-order chi connectivity index (χ0) is 10.9. The Morgan fingerprint density at radius 2 is 2.13 bits per heavy atom. The third-order valence-corrected chi connectivity index (χ3v) is 3.81. The highest BCUT2D eigenvalue weighted by Crippen LogP contribution is 2.16. The third kappa shape index (κ3) is 5.41. The van der Waals surface area contributed by atoms with E-state index in [4.69, 9.17) is 10.4 Å². The van der Waals surface area contributed by atoms with E-state index in [0.717, 1.165) is 38.2 Å². The summed E-state index contributed by atoms with van der Waals surface area (Å²) in [5.74, 6) is 2.24. The van der Waals surface area contributed by atoms with Crippen molar-refractivity contribution < 1.29 is 5.11 Å². The molecular weight excluding hydrogens is 208 g/mol. The number of likely N-dealkylation sites (tertiary alicyclic amines) is 1. The smallest absolute Gasteiger partial charge is 0.0808 e. The molecule has 4 heteroatoms. The van der Waals surface area contributed by atoms with Crippen molar-refractivity contribution in [2.45, 2.75) is 19.3 Å². The zero-order valence-corrected chi connectivity index (χ0v) is 10.0. The van der Waals surface area contributed by atoms with Gasteiger partial charge in [0.15, 0.2) is 0 Å². The molecule has 1 saturated heterocycles. The lowest BCUT2D eigenvalue weighted by Gasteiger charge is -2.30. The number of hydrogen-bond acceptors (Lipinski definition) is 4. The zero-order valence-electron chi connectivity index (χ0n) is 9.19. The maximum atomic E-state index is 9.00. The molecule has 0 aromatic rings. The first-order valence-corrected chi connectivity index (χ1v) is 6.80. The Morgan fingerprint density at radius 1 is 1.40 bits per heavy atom. The molecule has 0 aromatic heterocycles. The van der Waals surface area contributed by atoms with Crippen molar-refractivity contribution in [2.75, 3.05) is 37.7 Å². The Labute approximate surface area is 96.5 Å². The first kappa shape index (κ1) is 12.8. The minimum Gasteiger partial charge on any atom is -0.396 e. The van der Waals surface area contributed by atoms with Crippen LogP contribution in [0.2, 0.25) is 0 Å². The summed E-state index contributed by atoms with van der Waals surface area (Å²) < 4.78 is 0. The molecule has 0 bridgehead atoms. The molecule has 0 saturated carbocycles. The van der Waals surface area contributed by atoms with Crippen molar-refractivity contribution in [3.63, 3.8) is 0 Å². The van der Waals surface area contributed by atoms with Crippen LogP contribution in [-0.2, 0) is 0 Å². The number of hydrogen-bond donors (Lipinski definition) is 1. The van der Waals surface area contributed by atoms with E-state index < -0.39 is 0 Å². The SMILES string of the molecule is N#CCSCCCN1CCC(CO)CC1. The van der Waals surface area contributed by atoms with Crippen molar-refractivity contribution in [1.82, 2.24) is 4.90 Å². The van der Waals surface area contributed by atoms with Gasteiger partial charge in [-0.2, -0.15) is 5.26 Å². The van der Waals surface area contributed by atoms with E-state index in [1.54, 1.807) is 11.8 Å². The highest BCUT2D eigenvalue weighted by Gasteiger charge is 2.17. The second kappa shape index (κ2) is 7.98. The number of nitriles is 1. The number of thioether (sulfide) groups is 1. The number of rotatable bonds is 6. The first-order valence-electron chi connectivity index (χ1n) is 5.64. The number of piperidine rings is 1. The van der Waals surface area contributed by atoms with E-state index in [1.165, 1.54) is 6.42 Å². The summed E-state index contributed by atoms with van der Waals surface area (Å²) in [4.78, 5) is 2.47. The second-order valence-electron chi connectivity index (χ2n) is 4.03. The predicted molar refractivity (Wildman–Crippen MR) is 63.8 cm³/mol. The molecule has 1 rings (SSSR count). The Kier molecular flexibility index (Phi) is 6.82. The fraction of sp³-hybridized carbons (Fsp3) is 0.909. The molecule has 0 unspecified atom stereocenters. The molecule has 1 aliphatic rings. The van der Waals surface area contributed by atoms with Gasteiger partial charge in [0.2, 0.25) is 0 Å². The number of aliphatic hydroxyl groups excluding tert-OH is 1. The monoisotopic (exact) mass is 228 g/mol. The number of nitrogens with zero attached hydrogens (tertiary/aromatic N) is 2. The molecule has 0 radical (unpaired) electrons. The minimum atomic E-state index is 0.353. The van der Waals surface area contributed by atoms with Gasteiger partial charge in [0.05, 0.1) is 11.8 Å². The van der Waals surface area contributed by atoms with Crippen molar-refractivity contribution in [3.8, 4) is 6.07 Å². The van der Waals surface area contributed by atoms with Crippen LogP contribution in [-0.4, -0.2) is 47.8 Å². The van der Waals surface area contributed by atoms with Crippen LogP contribution in [0.3, 0.4) is 0 Å². The molecule has 1 aliphatic heterocycles. The molecule has 86 valence electrons. The van der Waals surface area contributed by atoms with Crippen LogP contribution in [0, 0.1) is 17.2 Å². The van der Waals surface area contributed by atoms with Crippen LogP contribution in [0.15, 0.2) is 0 Å². The predicted octanol–water partition coefficient (Wildman–Crippen LogP) is 1.34. The lowest BCUT2D eigenvalue weighted by molar-refractivity contribution is 0.132. The molecule has 3 nitrogen and oxygen atoms in total. The van der Waals surface area contributed by atoms with Gasteiger partial charge in [0.25, 0.3) is 0 Å². The highest BCUT2D eigenvalue weighted by atomic mass is 32.2. The van der Waals surface area contributed by atoms with Gasteiger partial charge in [-0.25, -0.2) is 0 Å². The molecule has 1 heterocycles. The van der Waals surface area contributed by atoms with E-state index in [2.05, 4.69) is 11.0 Å². The second-order valence-corrected chi connectivity index (χ2v) is 5.14. The Morgan fingerprint density at radius 3 is 2.73 bits per heavy atom. The summed E-state index contributed by atoms with van der Waals surface area (Å²) in [6.07, 6.45) is 3.46. The van der Waals surface area contributed by atoms with Gasteiger partial charge in [-0.05, 0) is 50.6 Å². The largest absolute Gasteiger partial charge is 0.396 e. The van der Waals surface area contributed by atoms with E-state index in [9.17, 15) is 0 Å². The summed E-state index contributed by atoms with van der Waals surface area (Å²) in [7, 11) is 0. The highest BCUT2D eigenvalue weighted by molar-refractivity contribution is 7.99. The molecule has 0 aliphatic carbocycles. The fourth-order valence-electron chi connectivity index (χ4n) is 1.90. The Bertz CT molecular complexity index is 197. The van der Waals surface area contributed by atoms with Gasteiger partial charge in [-0.1, -0.05) is 0 Å². The number of aliphatic hydroxyl groups is 1. The van der Waals surface area contributed by atoms with Crippen molar-refractivity contribution in [2.24, 2.45) is 5.92 Å². The maximum Gasteiger partial charge on any atom is 0.0808 e. The average Bonchev–Trinajstić information content (AvgIpc) is 2.30. The molecule has 15 heavy (non-hydrogen) atoms. The van der Waals surface area contributed by atoms with Gasteiger partial charge in [-0.15, -0.1) is 11.8 Å². The van der Waals surface area contributed by atoms with Crippen LogP contribution in [0.4, 0.5) is 0 Å². The fourth-order valence-corrected chi connectivity index (χ4v) is 2.47. The van der Waals surface area contributed by atoms with Crippen molar-refractivity contribution in [3.05, 3.63) is 0 Å². The lowest BCUT2D eigenvalue weighted by Crippen LogP contribution is -2.35. The van der Waals surface area contributed by atoms with E-state index in [0.29, 0.717) is 18.3 Å². The van der Waals surface area contributed by atoms with Crippen LogP contribution >= 0.6 is 11.8 Å². The van der Waals surface area contributed by atoms with E-state index in [1.807, 2.05) is 0 Å². The molecule has 1 N–H and O–H groups in total. The van der Waals surface area contributed by atoms with Crippen LogP contribution < -0.4 is 0 Å². The summed E-state index contributed by atoms with van der Waals surface area (Å²) in [5.41, 5.74) is 0. The Hall–Kier alpha value is -0.240. The molecule has 1 fully saturated rings. The van der Waals surface area contributed by atoms with Gasteiger partial charge >= 0.3 is 0 Å². The molecule has 0 aromatic carbocycles. The normalized spacial score (nSPS) is 18.9. The van der Waals surface area contributed by atoms with Crippen LogP contribution in [0.5, 0.6) is 0 Å². The van der Waals surface area contributed by atoms with Gasteiger partial charge in [0, 0.05) is 6.61 Å². The topological polar surface area (TPSA) is 47.3 Å². The third-order valence-electron chi connectivity index (χ3n) is 2.89. The van der Waals surface area contributed by atoms with Gasteiger partial charge < -0.3 is 10.0 Å². The molecule has 0 atom stereocenters. The van der Waals surface area contributed by atoms with Gasteiger partial charge in [-0.3, -0.25) is 0 Å². The summed E-state index contributed by atoms with van der Waals surface area (Å²) in [6, 6.07) is 2.14. The van der Waals surface area contributed by atoms with Crippen LogP contribution in [0.25, 0.3) is 0 Å². The average molecular weight is 228 g/mol. The minimum absolute atomic E-state index is 0.353. The molecule has 0 amide bonds. The molecule has 0 spiro atoms. The van der Waals surface area contributed by atoms with Crippen molar-refractivity contribution >= 4 is 11.8 Å². The van der Waals surface area contributed by atoms with E-state index >= 15 is 0 Å². The standard InChI is InChI=1S/C11H20N2OS/c12-4-9-15-8-1-5-13-6-2-11(10-14)3-7-13/h11,14H,1-3,5-10H2. The van der Waals surface area contributed by atoms with E-state index in [-0.39, 0.29) is 0 Å². The first-order chi connectivity index (χ1) is 7.36. The summed E-state index contributed by atoms with van der Waals surface area (Å²) in [5, 5.41) is 17.4. The Balaban J connectivity index is 1.97. The van der Waals surface area contributed by atoms with Crippen LogP contribution in [0.1, 0.15) is 19.3 Å². The lowest BCUT2D eigenvalue weighted by atomic mass is 9.98. The maximum absolute atomic E-state index is 9.00. The quantitative estimate of drug-likeness (QED) is 0.697. The molecular formula is C11H20N2OS. The van der Waals surface area contributed by atoms with Gasteiger partial charge in [0.1, 0.15) is 0 Å². The summed E-state index contributed by atoms with van der Waals surface area (Å²) >= 11 is 1.72. The van der Waals surface area contributed by atoms with Crippen molar-refractivity contribution in [1.29, 1.82) is 5.26 Å². The summed E-state index contributed by atoms with van der Waals surface area (Å²) in [6.45, 7) is 3.77.